The maximum Gasteiger partial charge on any atom is 0.125 e. The van der Waals surface area contributed by atoms with Gasteiger partial charge in [0.15, 0.2) is 0 Å². The summed E-state index contributed by atoms with van der Waals surface area (Å²) >= 11 is 1.81. The molecule has 2 heterocycles. The van der Waals surface area contributed by atoms with Gasteiger partial charge in [-0.1, -0.05) is 6.92 Å². The summed E-state index contributed by atoms with van der Waals surface area (Å²) in [6.45, 7) is 6.12. The Bertz CT molecular complexity index is 356. The van der Waals surface area contributed by atoms with Crippen LogP contribution in [-0.4, -0.2) is 18.6 Å². The van der Waals surface area contributed by atoms with E-state index in [1.807, 2.05) is 7.05 Å². The Balaban J connectivity index is 2.27. The van der Waals surface area contributed by atoms with E-state index in [9.17, 15) is 0 Å². The highest BCUT2D eigenvalue weighted by atomic mass is 32.1. The highest BCUT2D eigenvalue weighted by Crippen LogP contribution is 2.38. The van der Waals surface area contributed by atoms with Gasteiger partial charge in [0.2, 0.25) is 0 Å². The van der Waals surface area contributed by atoms with Crippen LogP contribution in [0.25, 0.3) is 0 Å². The quantitative estimate of drug-likeness (QED) is 0.878. The number of aromatic nitrogens is 1. The van der Waals surface area contributed by atoms with Gasteiger partial charge in [-0.05, 0) is 33.2 Å². The summed E-state index contributed by atoms with van der Waals surface area (Å²) in [4.78, 5) is 6.11. The fourth-order valence-electron chi connectivity index (χ4n) is 2.13. The zero-order valence-electron chi connectivity index (χ0n) is 10.3. The van der Waals surface area contributed by atoms with E-state index >= 15 is 0 Å². The van der Waals surface area contributed by atoms with Crippen molar-refractivity contribution in [2.75, 3.05) is 13.7 Å². The number of aryl methyl sites for hydroxylation is 1. The SMILES string of the molecule is CCc1nc(C2(C)CCCO2)sc1CNC. The van der Waals surface area contributed by atoms with Crippen LogP contribution in [0.4, 0.5) is 0 Å². The van der Waals surface area contributed by atoms with Crippen LogP contribution in [0.3, 0.4) is 0 Å². The summed E-state index contributed by atoms with van der Waals surface area (Å²) in [7, 11) is 1.98. The number of thiazole rings is 1. The number of rotatable bonds is 4. The fraction of sp³-hybridized carbons (Fsp3) is 0.750. The lowest BCUT2D eigenvalue weighted by atomic mass is 10.0. The normalized spacial score (nSPS) is 25.2. The fourth-order valence-corrected chi connectivity index (χ4v) is 3.42. The molecule has 1 aromatic heterocycles. The molecule has 1 saturated heterocycles. The summed E-state index contributed by atoms with van der Waals surface area (Å²) in [5.74, 6) is 0. The molecule has 16 heavy (non-hydrogen) atoms. The van der Waals surface area contributed by atoms with Gasteiger partial charge in [-0.2, -0.15) is 0 Å². The Hall–Kier alpha value is -0.450. The third kappa shape index (κ3) is 2.14. The molecule has 0 aromatic carbocycles. The van der Waals surface area contributed by atoms with Crippen molar-refractivity contribution in [2.45, 2.75) is 45.3 Å². The molecule has 2 rings (SSSR count). The van der Waals surface area contributed by atoms with E-state index in [0.717, 1.165) is 37.4 Å². The lowest BCUT2D eigenvalue weighted by molar-refractivity contribution is 0.0165. The van der Waals surface area contributed by atoms with Crippen LogP contribution in [-0.2, 0) is 23.3 Å². The molecule has 0 bridgehead atoms. The average Bonchev–Trinajstić information content (AvgIpc) is 2.86. The first-order valence-corrected chi connectivity index (χ1v) is 6.79. The second-order valence-corrected chi connectivity index (χ2v) is 5.54. The molecule has 1 aromatic rings. The molecule has 0 saturated carbocycles. The van der Waals surface area contributed by atoms with Gasteiger partial charge in [-0.15, -0.1) is 11.3 Å². The predicted molar refractivity (Wildman–Crippen MR) is 66.8 cm³/mol. The van der Waals surface area contributed by atoms with Crippen LogP contribution >= 0.6 is 11.3 Å². The summed E-state index contributed by atoms with van der Waals surface area (Å²) in [6.07, 6.45) is 3.26. The van der Waals surface area contributed by atoms with E-state index in [-0.39, 0.29) is 5.60 Å². The summed E-state index contributed by atoms with van der Waals surface area (Å²) in [6, 6.07) is 0. The van der Waals surface area contributed by atoms with Gasteiger partial charge in [0, 0.05) is 18.0 Å². The van der Waals surface area contributed by atoms with Crippen LogP contribution in [0.15, 0.2) is 0 Å². The Kier molecular flexibility index (Phi) is 3.62. The Morgan fingerprint density at radius 1 is 1.56 bits per heavy atom. The summed E-state index contributed by atoms with van der Waals surface area (Å²) in [5, 5.41) is 4.36. The van der Waals surface area contributed by atoms with Crippen molar-refractivity contribution in [2.24, 2.45) is 0 Å². The number of nitrogens with zero attached hydrogens (tertiary/aromatic N) is 1. The van der Waals surface area contributed by atoms with Gasteiger partial charge in [0.1, 0.15) is 10.6 Å². The molecule has 90 valence electrons. The van der Waals surface area contributed by atoms with Crippen molar-refractivity contribution in [1.82, 2.24) is 10.3 Å². The molecule has 1 N–H and O–H groups in total. The molecule has 1 unspecified atom stereocenters. The highest BCUT2D eigenvalue weighted by Gasteiger charge is 2.35. The topological polar surface area (TPSA) is 34.1 Å². The minimum absolute atomic E-state index is 0.124. The molecule has 3 nitrogen and oxygen atoms in total. The number of hydrogen-bond acceptors (Lipinski definition) is 4. The van der Waals surface area contributed by atoms with Crippen molar-refractivity contribution in [3.63, 3.8) is 0 Å². The van der Waals surface area contributed by atoms with Crippen molar-refractivity contribution in [3.05, 3.63) is 15.6 Å². The Morgan fingerprint density at radius 2 is 2.38 bits per heavy atom. The van der Waals surface area contributed by atoms with Crippen LogP contribution in [0.2, 0.25) is 0 Å². The zero-order valence-corrected chi connectivity index (χ0v) is 11.1. The first-order chi connectivity index (χ1) is 7.69. The van der Waals surface area contributed by atoms with E-state index < -0.39 is 0 Å². The van der Waals surface area contributed by atoms with Crippen LogP contribution in [0, 0.1) is 0 Å². The molecule has 0 aliphatic carbocycles. The van der Waals surface area contributed by atoms with E-state index in [4.69, 9.17) is 9.72 Å². The van der Waals surface area contributed by atoms with E-state index in [1.165, 1.54) is 10.6 Å². The summed E-state index contributed by atoms with van der Waals surface area (Å²) in [5.41, 5.74) is 1.10. The first kappa shape index (κ1) is 12.0. The number of hydrogen-bond donors (Lipinski definition) is 1. The maximum atomic E-state index is 5.84. The minimum Gasteiger partial charge on any atom is -0.368 e. The predicted octanol–water partition coefficient (Wildman–Crippen LogP) is 2.45. The number of nitrogens with one attached hydrogen (secondary N) is 1. The monoisotopic (exact) mass is 240 g/mol. The van der Waals surface area contributed by atoms with Crippen LogP contribution in [0.5, 0.6) is 0 Å². The van der Waals surface area contributed by atoms with Gasteiger partial charge in [0.05, 0.1) is 5.69 Å². The van der Waals surface area contributed by atoms with Gasteiger partial charge in [-0.25, -0.2) is 4.98 Å². The van der Waals surface area contributed by atoms with Gasteiger partial charge < -0.3 is 10.1 Å². The molecular weight excluding hydrogens is 220 g/mol. The Labute approximate surface area is 101 Å². The lowest BCUT2D eigenvalue weighted by Gasteiger charge is -2.19. The number of ether oxygens (including phenoxy) is 1. The van der Waals surface area contributed by atoms with Gasteiger partial charge >= 0.3 is 0 Å². The smallest absolute Gasteiger partial charge is 0.125 e. The minimum atomic E-state index is -0.124. The first-order valence-electron chi connectivity index (χ1n) is 5.97. The molecule has 1 aliphatic heterocycles. The third-order valence-corrected chi connectivity index (χ3v) is 4.46. The third-order valence-electron chi connectivity index (χ3n) is 3.12. The van der Waals surface area contributed by atoms with Gasteiger partial charge in [0.25, 0.3) is 0 Å². The van der Waals surface area contributed by atoms with Crippen molar-refractivity contribution in [1.29, 1.82) is 0 Å². The average molecular weight is 240 g/mol. The largest absolute Gasteiger partial charge is 0.368 e. The molecule has 1 fully saturated rings. The molecular formula is C12H20N2OS. The second kappa shape index (κ2) is 4.82. The maximum absolute atomic E-state index is 5.84. The molecule has 1 aliphatic rings. The summed E-state index contributed by atoms with van der Waals surface area (Å²) < 4.78 is 5.84. The van der Waals surface area contributed by atoms with Crippen LogP contribution < -0.4 is 5.32 Å². The van der Waals surface area contributed by atoms with Gasteiger partial charge in [-0.3, -0.25) is 0 Å². The molecule has 4 heteroatoms. The standard InChI is InChI=1S/C12H20N2OS/c1-4-9-10(8-13-3)16-11(14-9)12(2)6-5-7-15-12/h13H,4-8H2,1-3H3. The lowest BCUT2D eigenvalue weighted by Crippen LogP contribution is -2.19. The molecule has 0 spiro atoms. The molecule has 0 radical (unpaired) electrons. The zero-order chi connectivity index (χ0) is 11.6. The molecule has 0 amide bonds. The van der Waals surface area contributed by atoms with Crippen molar-refractivity contribution in [3.8, 4) is 0 Å². The van der Waals surface area contributed by atoms with Crippen molar-refractivity contribution >= 4 is 11.3 Å². The van der Waals surface area contributed by atoms with E-state index in [1.54, 1.807) is 11.3 Å². The van der Waals surface area contributed by atoms with Crippen molar-refractivity contribution < 1.29 is 4.74 Å². The van der Waals surface area contributed by atoms with Crippen LogP contribution in [0.1, 0.15) is 42.3 Å². The highest BCUT2D eigenvalue weighted by molar-refractivity contribution is 7.11. The van der Waals surface area contributed by atoms with E-state index in [2.05, 4.69) is 19.2 Å². The second-order valence-electron chi connectivity index (χ2n) is 4.46. The van der Waals surface area contributed by atoms with E-state index in [0.29, 0.717) is 0 Å². The molecule has 1 atom stereocenters. The Morgan fingerprint density at radius 3 is 2.94 bits per heavy atom.